The molecule has 1 aliphatic heterocycles. The number of aliphatic imine (C=N–C) groups is 1. The Bertz CT molecular complexity index is 442. The smallest absolute Gasteiger partial charge is 0.174 e. The summed E-state index contributed by atoms with van der Waals surface area (Å²) in [5, 5.41) is 11.4. The fraction of sp³-hybridized carbons (Fsp3) is 0.300. The summed E-state index contributed by atoms with van der Waals surface area (Å²) in [7, 11) is 0. The summed E-state index contributed by atoms with van der Waals surface area (Å²) in [4.78, 5) is 8.03. The zero-order valence-electron chi connectivity index (χ0n) is 8.69. The minimum Gasteiger partial charge on any atom is -0.387 e. The van der Waals surface area contributed by atoms with Crippen LogP contribution in [-0.2, 0) is 5.04 Å². The Morgan fingerprint density at radius 2 is 2.00 bits per heavy atom. The Morgan fingerprint density at radius 3 is 2.47 bits per heavy atom. The number of nitrogens with two attached hydrogens (primary N) is 1. The molecular formula is C10H10F2N2O3. The second-order valence-corrected chi connectivity index (χ2v) is 3.69. The van der Waals surface area contributed by atoms with Gasteiger partial charge < -0.3 is 10.6 Å². The molecule has 0 amide bonds. The quantitative estimate of drug-likeness (QED) is 0.625. The third kappa shape index (κ3) is 2.34. The van der Waals surface area contributed by atoms with E-state index in [1.807, 2.05) is 0 Å². The first-order chi connectivity index (χ1) is 8.11. The molecule has 0 saturated heterocycles. The van der Waals surface area contributed by atoms with Gasteiger partial charge >= 0.3 is 0 Å². The van der Waals surface area contributed by atoms with E-state index in [4.69, 9.17) is 11.0 Å². The molecule has 1 unspecified atom stereocenters. The molecule has 1 atom stereocenters. The predicted octanol–water partition coefficient (Wildman–Crippen LogP) is 1.59. The number of hydrogen-bond donors (Lipinski definition) is 2. The molecule has 3 N–H and O–H groups in total. The van der Waals surface area contributed by atoms with Crippen molar-refractivity contribution in [1.82, 2.24) is 0 Å². The highest BCUT2D eigenvalue weighted by Crippen LogP contribution is 2.31. The van der Waals surface area contributed by atoms with E-state index >= 15 is 0 Å². The SMILES string of the molecule is NC1=NCC(c2c(F)cc(OOO)cc2F)C1. The fourth-order valence-electron chi connectivity index (χ4n) is 1.84. The molecule has 0 spiro atoms. The summed E-state index contributed by atoms with van der Waals surface area (Å²) < 4.78 is 27.3. The lowest BCUT2D eigenvalue weighted by atomic mass is 9.96. The normalized spacial score (nSPS) is 19.2. The van der Waals surface area contributed by atoms with Gasteiger partial charge in [0.2, 0.25) is 0 Å². The van der Waals surface area contributed by atoms with E-state index in [0.717, 1.165) is 12.1 Å². The first-order valence-electron chi connectivity index (χ1n) is 4.87. The molecule has 0 bridgehead atoms. The largest absolute Gasteiger partial charge is 0.387 e. The zero-order valence-corrected chi connectivity index (χ0v) is 8.69. The Kier molecular flexibility index (Phi) is 3.21. The summed E-state index contributed by atoms with van der Waals surface area (Å²) >= 11 is 0. The molecule has 7 heteroatoms. The van der Waals surface area contributed by atoms with Crippen LogP contribution in [0.3, 0.4) is 0 Å². The number of hydrogen-bond acceptors (Lipinski definition) is 5. The molecule has 0 saturated carbocycles. The van der Waals surface area contributed by atoms with Crippen molar-refractivity contribution in [2.45, 2.75) is 12.3 Å². The molecule has 1 aromatic carbocycles. The topological polar surface area (TPSA) is 77.1 Å². The van der Waals surface area contributed by atoms with Crippen molar-refractivity contribution in [3.05, 3.63) is 29.3 Å². The molecule has 17 heavy (non-hydrogen) atoms. The highest BCUT2D eigenvalue weighted by atomic mass is 19.1. The molecule has 0 radical (unpaired) electrons. The lowest BCUT2D eigenvalue weighted by Crippen LogP contribution is -2.11. The number of benzene rings is 1. The molecule has 92 valence electrons. The minimum absolute atomic E-state index is 0.0838. The standard InChI is InChI=1S/C10H10F2N2O3/c11-7-2-6(16-17-15)3-8(12)10(7)5-1-9(13)14-4-5/h2-3,5,15H,1,4H2,(H2,13,14). The van der Waals surface area contributed by atoms with E-state index in [1.54, 1.807) is 0 Å². The third-order valence-corrected chi connectivity index (χ3v) is 2.56. The van der Waals surface area contributed by atoms with E-state index < -0.39 is 17.6 Å². The van der Waals surface area contributed by atoms with Crippen LogP contribution in [0.15, 0.2) is 17.1 Å². The van der Waals surface area contributed by atoms with Gasteiger partial charge in [0.05, 0.1) is 5.84 Å². The Balaban J connectivity index is 2.29. The molecule has 2 rings (SSSR count). The lowest BCUT2D eigenvalue weighted by Gasteiger charge is -2.12. The minimum atomic E-state index is -0.785. The van der Waals surface area contributed by atoms with E-state index in [0.29, 0.717) is 12.3 Å². The first-order valence-corrected chi connectivity index (χ1v) is 4.87. The van der Waals surface area contributed by atoms with Gasteiger partial charge in [0, 0.05) is 36.6 Å². The second kappa shape index (κ2) is 4.64. The van der Waals surface area contributed by atoms with E-state index in [2.05, 4.69) is 14.9 Å². The predicted molar refractivity (Wildman–Crippen MR) is 54.5 cm³/mol. The molecule has 5 nitrogen and oxygen atoms in total. The van der Waals surface area contributed by atoms with Crippen molar-refractivity contribution < 1.29 is 24.0 Å². The monoisotopic (exact) mass is 244 g/mol. The highest BCUT2D eigenvalue weighted by Gasteiger charge is 2.26. The van der Waals surface area contributed by atoms with Crippen LogP contribution in [0.2, 0.25) is 0 Å². The van der Waals surface area contributed by atoms with Gasteiger partial charge in [-0.05, 0) is 5.04 Å². The maximum absolute atomic E-state index is 13.7. The maximum atomic E-state index is 13.7. The summed E-state index contributed by atoms with van der Waals surface area (Å²) in [6.07, 6.45) is 0.324. The Hall–Kier alpha value is -1.73. The molecule has 1 aliphatic rings. The van der Waals surface area contributed by atoms with E-state index in [1.165, 1.54) is 0 Å². The summed E-state index contributed by atoms with van der Waals surface area (Å²) in [6.45, 7) is 0.260. The number of rotatable bonds is 3. The van der Waals surface area contributed by atoms with Gasteiger partial charge in [-0.25, -0.2) is 14.0 Å². The van der Waals surface area contributed by atoms with Crippen molar-refractivity contribution in [3.63, 3.8) is 0 Å². The molecule has 1 aromatic rings. The molecule has 0 fully saturated rings. The number of nitrogens with zero attached hydrogens (tertiary/aromatic N) is 1. The second-order valence-electron chi connectivity index (χ2n) is 3.69. The van der Waals surface area contributed by atoms with Crippen molar-refractivity contribution in [2.75, 3.05) is 6.54 Å². The van der Waals surface area contributed by atoms with Crippen LogP contribution in [-0.4, -0.2) is 17.6 Å². The van der Waals surface area contributed by atoms with Gasteiger partial charge in [-0.1, -0.05) is 0 Å². The van der Waals surface area contributed by atoms with Gasteiger partial charge in [-0.15, -0.1) is 0 Å². The highest BCUT2D eigenvalue weighted by molar-refractivity contribution is 5.83. The van der Waals surface area contributed by atoms with Gasteiger partial charge in [-0.2, -0.15) is 0 Å². The maximum Gasteiger partial charge on any atom is 0.174 e. The van der Waals surface area contributed by atoms with Gasteiger partial charge in [-0.3, -0.25) is 4.99 Å². The van der Waals surface area contributed by atoms with E-state index in [9.17, 15) is 8.78 Å². The summed E-state index contributed by atoms with van der Waals surface area (Å²) in [5.74, 6) is -1.86. The average Bonchev–Trinajstić information content (AvgIpc) is 2.64. The molecule has 1 heterocycles. The zero-order chi connectivity index (χ0) is 12.4. The molecule has 0 aromatic heterocycles. The van der Waals surface area contributed by atoms with Crippen LogP contribution < -0.4 is 10.6 Å². The van der Waals surface area contributed by atoms with E-state index in [-0.39, 0.29) is 17.9 Å². The lowest BCUT2D eigenvalue weighted by molar-refractivity contribution is -0.438. The Labute approximate surface area is 95.3 Å². The molecule has 0 aliphatic carbocycles. The number of halogens is 2. The summed E-state index contributed by atoms with van der Waals surface area (Å²) in [6, 6.07) is 1.84. The van der Waals surface area contributed by atoms with Gasteiger partial charge in [0.15, 0.2) is 5.75 Å². The van der Waals surface area contributed by atoms with Crippen molar-refractivity contribution >= 4 is 5.84 Å². The van der Waals surface area contributed by atoms with Crippen molar-refractivity contribution in [1.29, 1.82) is 0 Å². The van der Waals surface area contributed by atoms with Gasteiger partial charge in [0.25, 0.3) is 0 Å². The summed E-state index contributed by atoms with van der Waals surface area (Å²) in [5.41, 5.74) is 5.38. The van der Waals surface area contributed by atoms with Crippen LogP contribution in [0.25, 0.3) is 0 Å². The van der Waals surface area contributed by atoms with Crippen LogP contribution in [0.1, 0.15) is 17.9 Å². The Morgan fingerprint density at radius 1 is 1.35 bits per heavy atom. The molecular weight excluding hydrogens is 234 g/mol. The van der Waals surface area contributed by atoms with Crippen molar-refractivity contribution in [3.8, 4) is 5.75 Å². The number of amidine groups is 1. The van der Waals surface area contributed by atoms with Crippen LogP contribution in [0, 0.1) is 11.6 Å². The van der Waals surface area contributed by atoms with Crippen LogP contribution in [0.4, 0.5) is 8.78 Å². The van der Waals surface area contributed by atoms with Crippen molar-refractivity contribution in [2.24, 2.45) is 10.7 Å². The van der Waals surface area contributed by atoms with Crippen LogP contribution in [0.5, 0.6) is 5.75 Å². The van der Waals surface area contributed by atoms with Crippen LogP contribution >= 0.6 is 0 Å². The van der Waals surface area contributed by atoms with Gasteiger partial charge in [0.1, 0.15) is 11.6 Å². The third-order valence-electron chi connectivity index (χ3n) is 2.56. The fourth-order valence-corrected chi connectivity index (χ4v) is 1.84. The first kappa shape index (κ1) is 11.7. The average molecular weight is 244 g/mol.